The third-order valence-corrected chi connectivity index (χ3v) is 5.07. The predicted molar refractivity (Wildman–Crippen MR) is 85.2 cm³/mol. The molecule has 0 aliphatic heterocycles. The van der Waals surface area contributed by atoms with Crippen LogP contribution in [0.3, 0.4) is 0 Å². The van der Waals surface area contributed by atoms with Crippen molar-refractivity contribution in [1.29, 1.82) is 0 Å². The van der Waals surface area contributed by atoms with E-state index in [-0.39, 0.29) is 0 Å². The Bertz CT molecular complexity index is 525. The van der Waals surface area contributed by atoms with Crippen LogP contribution in [0, 0.1) is 11.8 Å². The van der Waals surface area contributed by atoms with E-state index >= 15 is 0 Å². The summed E-state index contributed by atoms with van der Waals surface area (Å²) in [7, 11) is 0. The first-order valence-electron chi connectivity index (χ1n) is 6.69. The molecule has 0 spiro atoms. The van der Waals surface area contributed by atoms with Crippen molar-refractivity contribution in [1.82, 2.24) is 0 Å². The Balaban J connectivity index is 2.11. The van der Waals surface area contributed by atoms with Crippen LogP contribution in [0.2, 0.25) is 4.82 Å². The van der Waals surface area contributed by atoms with Gasteiger partial charge in [-0.1, -0.05) is 0 Å². The van der Waals surface area contributed by atoms with E-state index in [1.807, 2.05) is 12.1 Å². The molecule has 0 saturated heterocycles. The number of benzene rings is 2. The van der Waals surface area contributed by atoms with Crippen molar-refractivity contribution < 1.29 is 5.11 Å². The minimum absolute atomic E-state index is 0.291. The maximum atomic E-state index is 9.37. The van der Waals surface area contributed by atoms with E-state index in [0.717, 1.165) is 6.42 Å². The monoisotopic (exact) mass is 330 g/mol. The molecule has 2 aromatic rings. The average molecular weight is 329 g/mol. The molecule has 102 valence electrons. The van der Waals surface area contributed by atoms with E-state index in [0.29, 0.717) is 19.8 Å². The van der Waals surface area contributed by atoms with Crippen molar-refractivity contribution in [2.45, 2.75) is 24.3 Å². The Kier molecular flexibility index (Phi) is 5.89. The molecule has 2 heteroatoms. The first-order valence-corrected chi connectivity index (χ1v) is 8.53. The first-order chi connectivity index (χ1) is 9.74. The molecule has 0 aliphatic carbocycles. The van der Waals surface area contributed by atoms with Crippen LogP contribution >= 0.6 is 0 Å². The van der Waals surface area contributed by atoms with Crippen molar-refractivity contribution in [3.8, 4) is 11.8 Å². The summed E-state index contributed by atoms with van der Waals surface area (Å²) in [4.78, 5) is 0.293. The Labute approximate surface area is 127 Å². The molecule has 20 heavy (non-hydrogen) atoms. The number of aliphatic hydroxyl groups excluding tert-OH is 1. The molecule has 2 atom stereocenters. The van der Waals surface area contributed by atoms with Gasteiger partial charge in [-0.05, 0) is 0 Å². The van der Waals surface area contributed by atoms with Crippen LogP contribution in [0.25, 0.3) is 0 Å². The van der Waals surface area contributed by atoms with E-state index in [2.05, 4.69) is 60.4 Å². The fourth-order valence-corrected chi connectivity index (χ4v) is 4.02. The van der Waals surface area contributed by atoms with Gasteiger partial charge in [0.25, 0.3) is 0 Å². The van der Waals surface area contributed by atoms with E-state index in [9.17, 15) is 5.11 Å². The van der Waals surface area contributed by atoms with E-state index in [1.165, 1.54) is 10.0 Å². The molecular formula is C18H18OSe. The van der Waals surface area contributed by atoms with Gasteiger partial charge >= 0.3 is 127 Å². The summed E-state index contributed by atoms with van der Waals surface area (Å²) in [5, 5.41) is 9.37. The second-order valence-electron chi connectivity index (χ2n) is 4.57. The van der Waals surface area contributed by atoms with Gasteiger partial charge in [-0.15, -0.1) is 0 Å². The van der Waals surface area contributed by atoms with Crippen molar-refractivity contribution in [2.75, 3.05) is 0 Å². The molecule has 0 heterocycles. The van der Waals surface area contributed by atoms with Crippen LogP contribution in [0.15, 0.2) is 60.7 Å². The summed E-state index contributed by atoms with van der Waals surface area (Å²) in [5.41, 5.74) is 1.30. The van der Waals surface area contributed by atoms with Gasteiger partial charge in [-0.25, -0.2) is 0 Å². The van der Waals surface area contributed by atoms with E-state index in [1.54, 1.807) is 6.92 Å². The second kappa shape index (κ2) is 7.92. The molecule has 1 nitrogen and oxygen atoms in total. The van der Waals surface area contributed by atoms with Gasteiger partial charge in [0.2, 0.25) is 0 Å². The van der Waals surface area contributed by atoms with Crippen LogP contribution in [-0.4, -0.2) is 26.2 Å². The fourth-order valence-electron chi connectivity index (χ4n) is 1.83. The number of hydrogen-bond acceptors (Lipinski definition) is 1. The van der Waals surface area contributed by atoms with Crippen LogP contribution in [0.4, 0.5) is 0 Å². The summed E-state index contributed by atoms with van der Waals surface area (Å²) in [5.74, 6) is 6.15. The summed E-state index contributed by atoms with van der Waals surface area (Å²) < 4.78 is 1.35. The van der Waals surface area contributed by atoms with Crippen molar-refractivity contribution >= 4 is 19.4 Å². The van der Waals surface area contributed by atoms with Gasteiger partial charge in [0.15, 0.2) is 0 Å². The molecule has 0 bridgehead atoms. The summed E-state index contributed by atoms with van der Waals surface area (Å²) in [6.07, 6.45) is 0.384. The molecular weight excluding hydrogens is 311 g/mol. The SMILES string of the molecule is CC(O)C#CC(Cc1ccccc1)[Se]c1ccccc1. The Morgan fingerprint density at radius 2 is 1.55 bits per heavy atom. The van der Waals surface area contributed by atoms with Crippen molar-refractivity contribution in [3.63, 3.8) is 0 Å². The van der Waals surface area contributed by atoms with Crippen LogP contribution in [0.1, 0.15) is 12.5 Å². The minimum atomic E-state index is -0.556. The number of hydrogen-bond donors (Lipinski definition) is 1. The molecule has 2 unspecified atom stereocenters. The summed E-state index contributed by atoms with van der Waals surface area (Å²) in [6, 6.07) is 20.9. The third-order valence-electron chi connectivity index (χ3n) is 2.74. The average Bonchev–Trinajstić information content (AvgIpc) is 2.47. The zero-order valence-electron chi connectivity index (χ0n) is 11.5. The van der Waals surface area contributed by atoms with Gasteiger partial charge < -0.3 is 0 Å². The third kappa shape index (κ3) is 5.23. The standard InChI is InChI=1S/C18H18OSe/c1-15(19)12-13-18(14-16-8-4-2-5-9-16)20-17-10-6-3-7-11-17/h2-11,15,18-19H,14H2,1H3. The molecule has 0 saturated carbocycles. The quantitative estimate of drug-likeness (QED) is 0.675. The molecule has 1 N–H and O–H groups in total. The summed E-state index contributed by atoms with van der Waals surface area (Å²) in [6.45, 7) is 1.71. The van der Waals surface area contributed by atoms with Gasteiger partial charge in [-0.3, -0.25) is 0 Å². The van der Waals surface area contributed by atoms with Gasteiger partial charge in [0, 0.05) is 0 Å². The Morgan fingerprint density at radius 1 is 0.950 bits per heavy atom. The van der Waals surface area contributed by atoms with Crippen LogP contribution in [0.5, 0.6) is 0 Å². The first kappa shape index (κ1) is 14.9. The molecule has 0 amide bonds. The second-order valence-corrected chi connectivity index (χ2v) is 7.25. The predicted octanol–water partition coefficient (Wildman–Crippen LogP) is 2.43. The zero-order chi connectivity index (χ0) is 14.2. The molecule has 0 fully saturated rings. The summed E-state index contributed by atoms with van der Waals surface area (Å²) >= 11 is 0.291. The molecule has 2 aromatic carbocycles. The maximum absolute atomic E-state index is 9.37. The van der Waals surface area contributed by atoms with Gasteiger partial charge in [-0.2, -0.15) is 0 Å². The fraction of sp³-hybridized carbons (Fsp3) is 0.222. The Morgan fingerprint density at radius 3 is 2.15 bits per heavy atom. The van der Waals surface area contributed by atoms with Crippen LogP contribution in [-0.2, 0) is 6.42 Å². The zero-order valence-corrected chi connectivity index (χ0v) is 13.2. The van der Waals surface area contributed by atoms with Gasteiger partial charge in [0.1, 0.15) is 0 Å². The van der Waals surface area contributed by atoms with Gasteiger partial charge in [0.05, 0.1) is 0 Å². The Hall–Kier alpha value is -1.52. The van der Waals surface area contributed by atoms with Crippen molar-refractivity contribution in [2.24, 2.45) is 0 Å². The number of aliphatic hydroxyl groups is 1. The molecule has 2 rings (SSSR count). The van der Waals surface area contributed by atoms with E-state index in [4.69, 9.17) is 0 Å². The van der Waals surface area contributed by atoms with E-state index < -0.39 is 6.10 Å². The molecule has 0 radical (unpaired) electrons. The molecule has 0 aliphatic rings. The normalized spacial score (nSPS) is 13.1. The van der Waals surface area contributed by atoms with Crippen LogP contribution < -0.4 is 4.46 Å². The number of rotatable bonds is 4. The molecule has 0 aromatic heterocycles. The topological polar surface area (TPSA) is 20.2 Å². The van der Waals surface area contributed by atoms with Crippen molar-refractivity contribution in [3.05, 3.63) is 66.2 Å².